The Morgan fingerprint density at radius 3 is 2.76 bits per heavy atom. The van der Waals surface area contributed by atoms with Crippen molar-refractivity contribution in [1.29, 1.82) is 0 Å². The molecule has 0 saturated carbocycles. The second-order valence-electron chi connectivity index (χ2n) is 4.14. The minimum absolute atomic E-state index is 0.279. The zero-order valence-corrected chi connectivity index (χ0v) is 10.6. The van der Waals surface area contributed by atoms with Gasteiger partial charge in [0.2, 0.25) is 0 Å². The van der Waals surface area contributed by atoms with Crippen molar-refractivity contribution in [2.24, 2.45) is 5.73 Å². The third-order valence-electron chi connectivity index (χ3n) is 2.43. The van der Waals surface area contributed by atoms with Crippen molar-refractivity contribution in [3.05, 3.63) is 40.9 Å². The van der Waals surface area contributed by atoms with E-state index in [0.29, 0.717) is 17.4 Å². The maximum atomic E-state index is 5.98. The average Bonchev–Trinajstić information content (AvgIpc) is 2.73. The van der Waals surface area contributed by atoms with Crippen LogP contribution in [0.5, 0.6) is 0 Å². The number of hydrogen-bond donors (Lipinski definition) is 1. The molecule has 1 aromatic carbocycles. The lowest BCUT2D eigenvalue weighted by molar-refractivity contribution is 0.713. The fourth-order valence-electron chi connectivity index (χ4n) is 1.63. The summed E-state index contributed by atoms with van der Waals surface area (Å²) in [7, 11) is 0. The van der Waals surface area contributed by atoms with E-state index < -0.39 is 0 Å². The Morgan fingerprint density at radius 1 is 1.41 bits per heavy atom. The van der Waals surface area contributed by atoms with Crippen LogP contribution < -0.4 is 5.73 Å². The van der Waals surface area contributed by atoms with Crippen LogP contribution in [0.2, 0.25) is 5.02 Å². The number of benzene rings is 1. The Bertz CT molecular complexity index is 519. The summed E-state index contributed by atoms with van der Waals surface area (Å²) < 4.78 is 1.80. The summed E-state index contributed by atoms with van der Waals surface area (Å²) in [5, 5.41) is 5.07. The summed E-state index contributed by atoms with van der Waals surface area (Å²) in [5.41, 5.74) is 6.49. The van der Waals surface area contributed by atoms with Crippen LogP contribution in [0.4, 0.5) is 0 Å². The van der Waals surface area contributed by atoms with Crippen LogP contribution >= 0.6 is 11.6 Å². The first kappa shape index (κ1) is 12.1. The zero-order valence-electron chi connectivity index (χ0n) is 9.89. The summed E-state index contributed by atoms with van der Waals surface area (Å²) in [6, 6.07) is 7.54. The Balaban J connectivity index is 2.53. The minimum atomic E-state index is 0.279. The van der Waals surface area contributed by atoms with E-state index >= 15 is 0 Å². The van der Waals surface area contributed by atoms with E-state index in [4.69, 9.17) is 17.3 Å². The molecule has 2 rings (SSSR count). The Hall–Kier alpha value is -1.39. The van der Waals surface area contributed by atoms with Gasteiger partial charge in [0.15, 0.2) is 5.82 Å². The molecule has 0 aliphatic heterocycles. The van der Waals surface area contributed by atoms with Crippen LogP contribution in [0.25, 0.3) is 5.69 Å². The standard InChI is InChI=1S/C12H15ClN4/c1-8(2)12-15-11(7-14)16-17(12)10-5-3-4-9(13)6-10/h3-6,8H,7,14H2,1-2H3. The van der Waals surface area contributed by atoms with Crippen LogP contribution in [-0.4, -0.2) is 14.8 Å². The molecule has 0 aliphatic carbocycles. The highest BCUT2D eigenvalue weighted by Gasteiger charge is 2.13. The van der Waals surface area contributed by atoms with Gasteiger partial charge in [0.25, 0.3) is 0 Å². The lowest BCUT2D eigenvalue weighted by Gasteiger charge is -2.08. The molecule has 17 heavy (non-hydrogen) atoms. The van der Waals surface area contributed by atoms with E-state index in [2.05, 4.69) is 23.9 Å². The third-order valence-corrected chi connectivity index (χ3v) is 2.66. The number of nitrogens with zero attached hydrogens (tertiary/aromatic N) is 3. The van der Waals surface area contributed by atoms with Crippen LogP contribution in [0, 0.1) is 0 Å². The highest BCUT2D eigenvalue weighted by atomic mass is 35.5. The molecule has 0 aliphatic rings. The normalized spacial score (nSPS) is 11.1. The third kappa shape index (κ3) is 2.48. The summed E-state index contributed by atoms with van der Waals surface area (Å²) in [6.45, 7) is 4.49. The average molecular weight is 251 g/mol. The molecule has 0 atom stereocenters. The lowest BCUT2D eigenvalue weighted by atomic mass is 10.2. The second-order valence-corrected chi connectivity index (χ2v) is 4.57. The van der Waals surface area contributed by atoms with Gasteiger partial charge >= 0.3 is 0 Å². The Morgan fingerprint density at radius 2 is 2.18 bits per heavy atom. The smallest absolute Gasteiger partial charge is 0.164 e. The minimum Gasteiger partial charge on any atom is -0.324 e. The molecule has 1 aromatic heterocycles. The first-order valence-electron chi connectivity index (χ1n) is 5.53. The summed E-state index contributed by atoms with van der Waals surface area (Å²) in [6.07, 6.45) is 0. The van der Waals surface area contributed by atoms with Crippen LogP contribution in [0.1, 0.15) is 31.4 Å². The van der Waals surface area contributed by atoms with Gasteiger partial charge < -0.3 is 5.73 Å². The maximum Gasteiger partial charge on any atom is 0.164 e. The summed E-state index contributed by atoms with van der Waals surface area (Å²) in [5.74, 6) is 1.82. The molecule has 2 N–H and O–H groups in total. The number of nitrogens with two attached hydrogens (primary N) is 1. The van der Waals surface area contributed by atoms with Crippen molar-refractivity contribution in [2.75, 3.05) is 0 Å². The molecule has 2 aromatic rings. The molecule has 0 fully saturated rings. The van der Waals surface area contributed by atoms with Gasteiger partial charge in [0.05, 0.1) is 12.2 Å². The summed E-state index contributed by atoms with van der Waals surface area (Å²) in [4.78, 5) is 4.42. The van der Waals surface area contributed by atoms with E-state index in [1.165, 1.54) is 0 Å². The maximum absolute atomic E-state index is 5.98. The van der Waals surface area contributed by atoms with Gasteiger partial charge in [-0.05, 0) is 18.2 Å². The zero-order chi connectivity index (χ0) is 12.4. The van der Waals surface area contributed by atoms with Crippen molar-refractivity contribution >= 4 is 11.6 Å². The van der Waals surface area contributed by atoms with Gasteiger partial charge in [-0.25, -0.2) is 9.67 Å². The van der Waals surface area contributed by atoms with Crippen molar-refractivity contribution < 1.29 is 0 Å². The first-order chi connectivity index (χ1) is 8.11. The molecule has 0 saturated heterocycles. The molecule has 0 bridgehead atoms. The summed E-state index contributed by atoms with van der Waals surface area (Å²) >= 11 is 5.98. The first-order valence-corrected chi connectivity index (χ1v) is 5.91. The molecule has 0 radical (unpaired) electrons. The quantitative estimate of drug-likeness (QED) is 0.911. The van der Waals surface area contributed by atoms with Gasteiger partial charge in [-0.2, -0.15) is 0 Å². The topological polar surface area (TPSA) is 56.7 Å². The molecular formula is C12H15ClN4. The van der Waals surface area contributed by atoms with Crippen molar-refractivity contribution in [1.82, 2.24) is 14.8 Å². The van der Waals surface area contributed by atoms with E-state index in [-0.39, 0.29) is 5.92 Å². The van der Waals surface area contributed by atoms with Crippen LogP contribution in [-0.2, 0) is 6.54 Å². The van der Waals surface area contributed by atoms with E-state index in [1.54, 1.807) is 4.68 Å². The van der Waals surface area contributed by atoms with Crippen LogP contribution in [0.15, 0.2) is 24.3 Å². The largest absolute Gasteiger partial charge is 0.324 e. The molecule has 0 unspecified atom stereocenters. The highest BCUT2D eigenvalue weighted by Crippen LogP contribution is 2.19. The van der Waals surface area contributed by atoms with Gasteiger partial charge in [-0.1, -0.05) is 31.5 Å². The molecular weight excluding hydrogens is 236 g/mol. The fraction of sp³-hybridized carbons (Fsp3) is 0.333. The highest BCUT2D eigenvalue weighted by molar-refractivity contribution is 6.30. The number of hydrogen-bond acceptors (Lipinski definition) is 3. The van der Waals surface area contributed by atoms with E-state index in [9.17, 15) is 0 Å². The molecule has 0 spiro atoms. The van der Waals surface area contributed by atoms with Crippen molar-refractivity contribution in [3.63, 3.8) is 0 Å². The SMILES string of the molecule is CC(C)c1nc(CN)nn1-c1cccc(Cl)c1. The molecule has 90 valence electrons. The molecule has 1 heterocycles. The number of aromatic nitrogens is 3. The van der Waals surface area contributed by atoms with Gasteiger partial charge in [-0.15, -0.1) is 5.10 Å². The van der Waals surface area contributed by atoms with E-state index in [1.807, 2.05) is 24.3 Å². The monoisotopic (exact) mass is 250 g/mol. The Labute approximate surface area is 105 Å². The fourth-order valence-corrected chi connectivity index (χ4v) is 1.81. The van der Waals surface area contributed by atoms with Crippen molar-refractivity contribution in [2.45, 2.75) is 26.3 Å². The second kappa shape index (κ2) is 4.85. The molecule has 4 nitrogen and oxygen atoms in total. The number of rotatable bonds is 3. The number of halogens is 1. The van der Waals surface area contributed by atoms with Crippen LogP contribution in [0.3, 0.4) is 0 Å². The van der Waals surface area contributed by atoms with Gasteiger partial charge in [0, 0.05) is 10.9 Å². The van der Waals surface area contributed by atoms with E-state index in [0.717, 1.165) is 11.5 Å². The predicted molar refractivity (Wildman–Crippen MR) is 68.3 cm³/mol. The Kier molecular flexibility index (Phi) is 3.45. The van der Waals surface area contributed by atoms with Crippen molar-refractivity contribution in [3.8, 4) is 5.69 Å². The predicted octanol–water partition coefficient (Wildman–Crippen LogP) is 2.50. The molecule has 0 amide bonds. The van der Waals surface area contributed by atoms with Gasteiger partial charge in [-0.3, -0.25) is 0 Å². The lowest BCUT2D eigenvalue weighted by Crippen LogP contribution is -2.04. The molecule has 5 heteroatoms. The van der Waals surface area contributed by atoms with Gasteiger partial charge in [0.1, 0.15) is 5.82 Å².